The highest BCUT2D eigenvalue weighted by atomic mass is 16.5. The molecule has 0 radical (unpaired) electrons. The lowest BCUT2D eigenvalue weighted by Gasteiger charge is -2.11. The summed E-state index contributed by atoms with van der Waals surface area (Å²) in [6.45, 7) is 2.86. The average Bonchev–Trinajstić information content (AvgIpc) is 2.89. The minimum atomic E-state index is -0.303. The van der Waals surface area contributed by atoms with Gasteiger partial charge in [-0.25, -0.2) is 0 Å². The summed E-state index contributed by atoms with van der Waals surface area (Å²) < 4.78 is 5.61. The Labute approximate surface area is 125 Å². The van der Waals surface area contributed by atoms with Gasteiger partial charge in [-0.15, -0.1) is 0 Å². The maximum atomic E-state index is 12.1. The van der Waals surface area contributed by atoms with Gasteiger partial charge in [0.05, 0.1) is 12.6 Å². The zero-order valence-electron chi connectivity index (χ0n) is 12.6. The number of amides is 1. The van der Waals surface area contributed by atoms with Gasteiger partial charge in [-0.05, 0) is 43.5 Å². The van der Waals surface area contributed by atoms with E-state index in [0.717, 1.165) is 31.4 Å². The van der Waals surface area contributed by atoms with Gasteiger partial charge < -0.3 is 10.1 Å². The Kier molecular flexibility index (Phi) is 5.78. The summed E-state index contributed by atoms with van der Waals surface area (Å²) in [6, 6.07) is 6.78. The van der Waals surface area contributed by atoms with Crippen LogP contribution >= 0.6 is 0 Å². The van der Waals surface area contributed by atoms with Crippen molar-refractivity contribution in [1.29, 1.82) is 0 Å². The summed E-state index contributed by atoms with van der Waals surface area (Å²) >= 11 is 0. The van der Waals surface area contributed by atoms with E-state index in [2.05, 4.69) is 12.2 Å². The van der Waals surface area contributed by atoms with Crippen LogP contribution in [0.1, 0.15) is 55.8 Å². The van der Waals surface area contributed by atoms with Crippen molar-refractivity contribution in [2.45, 2.75) is 51.5 Å². The van der Waals surface area contributed by atoms with Crippen molar-refractivity contribution >= 4 is 11.7 Å². The van der Waals surface area contributed by atoms with Gasteiger partial charge in [0.25, 0.3) is 5.91 Å². The van der Waals surface area contributed by atoms with Crippen LogP contribution in [0.5, 0.6) is 5.75 Å². The number of ether oxygens (including phenoxy) is 1. The molecule has 1 N–H and O–H groups in total. The molecule has 4 nitrogen and oxygen atoms in total. The normalized spacial score (nSPS) is 17.8. The van der Waals surface area contributed by atoms with Crippen LogP contribution in [0.25, 0.3) is 0 Å². The second-order valence-electron chi connectivity index (χ2n) is 5.46. The SMILES string of the molecule is CCCCCOc1ccc(C(=O)NC2CCCC2=O)cc1. The summed E-state index contributed by atoms with van der Waals surface area (Å²) in [4.78, 5) is 23.6. The number of hydrogen-bond donors (Lipinski definition) is 1. The van der Waals surface area contributed by atoms with Crippen LogP contribution in [0.15, 0.2) is 24.3 Å². The van der Waals surface area contributed by atoms with Gasteiger partial charge in [0.15, 0.2) is 5.78 Å². The topological polar surface area (TPSA) is 55.4 Å². The van der Waals surface area contributed by atoms with Crippen molar-refractivity contribution in [3.8, 4) is 5.75 Å². The summed E-state index contributed by atoms with van der Waals surface area (Å²) in [5.41, 5.74) is 0.565. The highest BCUT2D eigenvalue weighted by Gasteiger charge is 2.25. The van der Waals surface area contributed by atoms with Crippen molar-refractivity contribution in [3.05, 3.63) is 29.8 Å². The molecule has 1 aromatic carbocycles. The van der Waals surface area contributed by atoms with Crippen LogP contribution in [0.3, 0.4) is 0 Å². The van der Waals surface area contributed by atoms with Gasteiger partial charge in [-0.1, -0.05) is 19.8 Å². The van der Waals surface area contributed by atoms with E-state index in [0.29, 0.717) is 18.6 Å². The predicted molar refractivity (Wildman–Crippen MR) is 81.6 cm³/mol. The maximum Gasteiger partial charge on any atom is 0.251 e. The lowest BCUT2D eigenvalue weighted by atomic mass is 10.1. The molecule has 1 unspecified atom stereocenters. The third-order valence-corrected chi connectivity index (χ3v) is 3.74. The predicted octanol–water partition coefficient (Wildman–Crippen LogP) is 3.11. The number of benzene rings is 1. The monoisotopic (exact) mass is 289 g/mol. The minimum absolute atomic E-state index is 0.138. The van der Waals surface area contributed by atoms with E-state index in [-0.39, 0.29) is 17.7 Å². The molecule has 0 spiro atoms. The molecule has 1 fully saturated rings. The molecule has 1 saturated carbocycles. The quantitative estimate of drug-likeness (QED) is 0.785. The smallest absolute Gasteiger partial charge is 0.251 e. The Balaban J connectivity index is 1.83. The van der Waals surface area contributed by atoms with Gasteiger partial charge in [-0.3, -0.25) is 9.59 Å². The number of hydrogen-bond acceptors (Lipinski definition) is 3. The molecule has 2 rings (SSSR count). The molecule has 1 aliphatic rings. The number of nitrogens with one attached hydrogen (secondary N) is 1. The molecule has 1 aliphatic carbocycles. The molecular formula is C17H23NO3. The van der Waals surface area contributed by atoms with Gasteiger partial charge in [0.1, 0.15) is 5.75 Å². The first kappa shape index (κ1) is 15.5. The molecule has 1 atom stereocenters. The Morgan fingerprint density at radius 1 is 1.29 bits per heavy atom. The van der Waals surface area contributed by atoms with Crippen molar-refractivity contribution in [1.82, 2.24) is 5.32 Å². The van der Waals surface area contributed by atoms with E-state index >= 15 is 0 Å². The van der Waals surface area contributed by atoms with Crippen LogP contribution in [-0.2, 0) is 4.79 Å². The third kappa shape index (κ3) is 4.59. The number of rotatable bonds is 7. The van der Waals surface area contributed by atoms with Crippen molar-refractivity contribution in [2.75, 3.05) is 6.61 Å². The molecule has 21 heavy (non-hydrogen) atoms. The standard InChI is InChI=1S/C17H23NO3/c1-2-3-4-12-21-14-10-8-13(9-11-14)17(20)18-15-6-5-7-16(15)19/h8-11,15H,2-7,12H2,1H3,(H,18,20). The first-order valence-electron chi connectivity index (χ1n) is 7.77. The summed E-state index contributed by atoms with van der Waals surface area (Å²) in [6.07, 6.45) is 5.58. The third-order valence-electron chi connectivity index (χ3n) is 3.74. The van der Waals surface area contributed by atoms with Crippen LogP contribution in [-0.4, -0.2) is 24.3 Å². The lowest BCUT2D eigenvalue weighted by molar-refractivity contribution is -0.118. The van der Waals surface area contributed by atoms with E-state index in [9.17, 15) is 9.59 Å². The van der Waals surface area contributed by atoms with Gasteiger partial charge in [-0.2, -0.15) is 0 Å². The van der Waals surface area contributed by atoms with Gasteiger partial charge in [0, 0.05) is 12.0 Å². The Morgan fingerprint density at radius 3 is 2.67 bits per heavy atom. The highest BCUT2D eigenvalue weighted by molar-refractivity contribution is 5.98. The van der Waals surface area contributed by atoms with E-state index in [1.165, 1.54) is 6.42 Å². The van der Waals surface area contributed by atoms with Crippen molar-refractivity contribution in [3.63, 3.8) is 0 Å². The second kappa shape index (κ2) is 7.81. The van der Waals surface area contributed by atoms with Gasteiger partial charge >= 0.3 is 0 Å². The van der Waals surface area contributed by atoms with Crippen LogP contribution < -0.4 is 10.1 Å². The number of carbonyl (C=O) groups is 2. The molecule has 114 valence electrons. The highest BCUT2D eigenvalue weighted by Crippen LogP contribution is 2.16. The van der Waals surface area contributed by atoms with Crippen molar-refractivity contribution in [2.24, 2.45) is 0 Å². The average molecular weight is 289 g/mol. The molecular weight excluding hydrogens is 266 g/mol. The minimum Gasteiger partial charge on any atom is -0.494 e. The molecule has 0 aromatic heterocycles. The molecule has 0 heterocycles. The number of Topliss-reactive ketones (excluding diaryl/α,β-unsaturated/α-hetero) is 1. The number of ketones is 1. The number of unbranched alkanes of at least 4 members (excludes halogenated alkanes) is 2. The van der Waals surface area contributed by atoms with E-state index in [4.69, 9.17) is 4.74 Å². The second-order valence-corrected chi connectivity index (χ2v) is 5.46. The first-order chi connectivity index (χ1) is 10.2. The summed E-state index contributed by atoms with van der Waals surface area (Å²) in [5, 5.41) is 2.79. The molecule has 0 saturated heterocycles. The molecule has 0 aliphatic heterocycles. The van der Waals surface area contributed by atoms with Crippen LogP contribution in [0.4, 0.5) is 0 Å². The van der Waals surface area contributed by atoms with E-state index in [1.807, 2.05) is 0 Å². The summed E-state index contributed by atoms with van der Waals surface area (Å²) in [7, 11) is 0. The molecule has 0 bridgehead atoms. The lowest BCUT2D eigenvalue weighted by Crippen LogP contribution is -2.37. The Hall–Kier alpha value is -1.84. The summed E-state index contributed by atoms with van der Waals surface area (Å²) in [5.74, 6) is 0.728. The first-order valence-corrected chi connectivity index (χ1v) is 7.77. The van der Waals surface area contributed by atoms with E-state index in [1.54, 1.807) is 24.3 Å². The van der Waals surface area contributed by atoms with Crippen molar-refractivity contribution < 1.29 is 14.3 Å². The molecule has 4 heteroatoms. The van der Waals surface area contributed by atoms with Gasteiger partial charge in [0.2, 0.25) is 0 Å². The Morgan fingerprint density at radius 2 is 2.05 bits per heavy atom. The fraction of sp³-hybridized carbons (Fsp3) is 0.529. The molecule has 1 aromatic rings. The zero-order chi connectivity index (χ0) is 15.1. The Bertz CT molecular complexity index is 481. The number of carbonyl (C=O) groups excluding carboxylic acids is 2. The van der Waals surface area contributed by atoms with Crippen LogP contribution in [0, 0.1) is 0 Å². The molecule has 1 amide bonds. The zero-order valence-corrected chi connectivity index (χ0v) is 12.6. The fourth-order valence-electron chi connectivity index (χ4n) is 2.45. The fourth-order valence-corrected chi connectivity index (χ4v) is 2.45. The van der Waals surface area contributed by atoms with E-state index < -0.39 is 0 Å². The maximum absolute atomic E-state index is 12.1. The largest absolute Gasteiger partial charge is 0.494 e. The van der Waals surface area contributed by atoms with Crippen LogP contribution in [0.2, 0.25) is 0 Å².